The molecule has 0 aromatic carbocycles. The monoisotopic (exact) mass is 293 g/mol. The quantitative estimate of drug-likeness (QED) is 0.527. The lowest BCUT2D eigenvalue weighted by molar-refractivity contribution is -0.149. The molecule has 7 heteroatoms. The Kier molecular flexibility index (Phi) is 6.84. The Hall–Kier alpha value is -1.24. The highest BCUT2D eigenvalue weighted by Gasteiger charge is 2.33. The molecule has 0 spiro atoms. The third-order valence-electron chi connectivity index (χ3n) is 3.23. The molecule has 0 bridgehead atoms. The third kappa shape index (κ3) is 6.79. The van der Waals surface area contributed by atoms with Gasteiger partial charge in [0.25, 0.3) is 5.92 Å². The number of halogens is 2. The first-order chi connectivity index (χ1) is 9.43. The summed E-state index contributed by atoms with van der Waals surface area (Å²) in [4.78, 5) is 24.0. The predicted octanol–water partition coefficient (Wildman–Crippen LogP) is 1.60. The second-order valence-corrected chi connectivity index (χ2v) is 4.85. The molecular weight excluding hydrogens is 272 g/mol. The molecule has 20 heavy (non-hydrogen) atoms. The van der Waals surface area contributed by atoms with Gasteiger partial charge < -0.3 is 14.4 Å². The summed E-state index contributed by atoms with van der Waals surface area (Å²) in [5, 5.41) is 0. The topological polar surface area (TPSA) is 55.8 Å². The van der Waals surface area contributed by atoms with E-state index in [9.17, 15) is 18.4 Å². The van der Waals surface area contributed by atoms with Crippen LogP contribution in [0.2, 0.25) is 0 Å². The summed E-state index contributed by atoms with van der Waals surface area (Å²) in [5.74, 6) is -3.42. The molecule has 0 aromatic heterocycles. The number of methoxy groups -OCH3 is 1. The molecule has 0 aromatic rings. The van der Waals surface area contributed by atoms with E-state index in [0.29, 0.717) is 26.1 Å². The molecule has 1 aliphatic rings. The fraction of sp³-hybridized carbons (Fsp3) is 0.846. The summed E-state index contributed by atoms with van der Waals surface area (Å²) >= 11 is 0. The number of nitrogens with zero attached hydrogens (tertiary/aromatic N) is 1. The van der Waals surface area contributed by atoms with Crippen molar-refractivity contribution in [3.63, 3.8) is 0 Å². The van der Waals surface area contributed by atoms with Crippen molar-refractivity contribution in [1.29, 1.82) is 0 Å². The smallest absolute Gasteiger partial charge is 0.306 e. The fourth-order valence-electron chi connectivity index (χ4n) is 1.96. The van der Waals surface area contributed by atoms with Gasteiger partial charge in [-0.1, -0.05) is 0 Å². The first-order valence-electron chi connectivity index (χ1n) is 6.75. The van der Waals surface area contributed by atoms with Crippen LogP contribution >= 0.6 is 0 Å². The largest absolute Gasteiger partial charge is 0.469 e. The van der Waals surface area contributed by atoms with Gasteiger partial charge in [-0.05, 0) is 6.42 Å². The molecule has 1 aliphatic heterocycles. The van der Waals surface area contributed by atoms with Gasteiger partial charge >= 0.3 is 11.9 Å². The number of hydrogen-bond acceptors (Lipinski definition) is 5. The lowest BCUT2D eigenvalue weighted by Crippen LogP contribution is -2.40. The molecule has 5 nitrogen and oxygen atoms in total. The van der Waals surface area contributed by atoms with Crippen LogP contribution < -0.4 is 0 Å². The summed E-state index contributed by atoms with van der Waals surface area (Å²) in [7, 11) is 1.26. The Bertz CT molecular complexity index is 326. The van der Waals surface area contributed by atoms with E-state index in [-0.39, 0.29) is 32.3 Å². The average molecular weight is 293 g/mol. The second-order valence-electron chi connectivity index (χ2n) is 4.85. The van der Waals surface area contributed by atoms with Crippen molar-refractivity contribution in [3.05, 3.63) is 0 Å². The summed E-state index contributed by atoms with van der Waals surface area (Å²) < 4.78 is 35.2. The molecule has 1 heterocycles. The fourth-order valence-corrected chi connectivity index (χ4v) is 1.96. The average Bonchev–Trinajstić information content (AvgIpc) is 2.42. The van der Waals surface area contributed by atoms with Crippen LogP contribution in [0.15, 0.2) is 0 Å². The number of rotatable bonds is 7. The maximum absolute atomic E-state index is 12.9. The van der Waals surface area contributed by atoms with E-state index < -0.39 is 17.9 Å². The molecule has 0 N–H and O–H groups in total. The third-order valence-corrected chi connectivity index (χ3v) is 3.23. The molecule has 1 fully saturated rings. The summed E-state index contributed by atoms with van der Waals surface area (Å²) in [5.41, 5.74) is 0. The molecule has 0 aliphatic carbocycles. The van der Waals surface area contributed by atoms with Crippen LogP contribution in [-0.4, -0.2) is 56.1 Å². The second kappa shape index (κ2) is 8.14. The van der Waals surface area contributed by atoms with E-state index >= 15 is 0 Å². The summed E-state index contributed by atoms with van der Waals surface area (Å²) in [6.45, 7) is 1.64. The van der Waals surface area contributed by atoms with E-state index in [1.165, 1.54) is 7.11 Å². The number of carbonyl (C=O) groups excluding carboxylic acids is 2. The minimum Gasteiger partial charge on any atom is -0.469 e. The highest BCUT2D eigenvalue weighted by atomic mass is 19.3. The summed E-state index contributed by atoms with van der Waals surface area (Å²) in [6, 6.07) is 0. The minimum absolute atomic E-state index is 0.00259. The number of likely N-dealkylation sites (tertiary alicyclic amines) is 1. The molecular formula is C13H21F2NO4. The molecule has 0 unspecified atom stereocenters. The summed E-state index contributed by atoms with van der Waals surface area (Å²) in [6.07, 6.45) is 0.409. The Balaban J connectivity index is 2.02. The van der Waals surface area contributed by atoms with Crippen LogP contribution in [0.1, 0.15) is 32.1 Å². The van der Waals surface area contributed by atoms with E-state index in [0.717, 1.165) is 0 Å². The predicted molar refractivity (Wildman–Crippen MR) is 67.4 cm³/mol. The van der Waals surface area contributed by atoms with Crippen molar-refractivity contribution >= 4 is 11.9 Å². The zero-order valence-electron chi connectivity index (χ0n) is 11.7. The Labute approximate surface area is 117 Å². The van der Waals surface area contributed by atoms with E-state index in [4.69, 9.17) is 4.74 Å². The number of esters is 2. The van der Waals surface area contributed by atoms with Crippen LogP contribution in [0.3, 0.4) is 0 Å². The highest BCUT2D eigenvalue weighted by Crippen LogP contribution is 2.27. The molecule has 0 radical (unpaired) electrons. The maximum Gasteiger partial charge on any atom is 0.306 e. The number of ether oxygens (including phenoxy) is 2. The number of alkyl halides is 2. The van der Waals surface area contributed by atoms with Gasteiger partial charge in [-0.25, -0.2) is 8.78 Å². The molecule has 0 amide bonds. The Morgan fingerprint density at radius 2 is 1.75 bits per heavy atom. The zero-order valence-corrected chi connectivity index (χ0v) is 11.7. The lowest BCUT2D eigenvalue weighted by Gasteiger charge is -2.31. The lowest BCUT2D eigenvalue weighted by atomic mass is 10.1. The van der Waals surface area contributed by atoms with E-state index in [1.54, 1.807) is 0 Å². The van der Waals surface area contributed by atoms with Gasteiger partial charge in [0.1, 0.15) is 0 Å². The van der Waals surface area contributed by atoms with Crippen LogP contribution in [-0.2, 0) is 19.1 Å². The van der Waals surface area contributed by atoms with Gasteiger partial charge in [-0.2, -0.15) is 0 Å². The standard InChI is InChI=1S/C13H21F2NO4/c1-19-11(17)3-4-12(18)20-10-2-7-16-8-5-13(14,15)6-9-16/h2-10H2,1H3. The van der Waals surface area contributed by atoms with Gasteiger partial charge in [-0.3, -0.25) is 9.59 Å². The molecule has 1 rings (SSSR count). The highest BCUT2D eigenvalue weighted by molar-refractivity contribution is 5.77. The minimum atomic E-state index is -2.53. The van der Waals surface area contributed by atoms with Crippen LogP contribution in [0.25, 0.3) is 0 Å². The van der Waals surface area contributed by atoms with Crippen molar-refractivity contribution in [3.8, 4) is 0 Å². The van der Waals surface area contributed by atoms with Crippen molar-refractivity contribution in [2.75, 3.05) is 33.4 Å². The van der Waals surface area contributed by atoms with Gasteiger partial charge in [0, 0.05) is 32.5 Å². The van der Waals surface area contributed by atoms with E-state index in [2.05, 4.69) is 4.74 Å². The number of piperidine rings is 1. The molecule has 116 valence electrons. The Morgan fingerprint density at radius 1 is 1.15 bits per heavy atom. The van der Waals surface area contributed by atoms with Gasteiger partial charge in [0.15, 0.2) is 0 Å². The van der Waals surface area contributed by atoms with Gasteiger partial charge in [0.2, 0.25) is 0 Å². The zero-order chi connectivity index (χ0) is 15.0. The normalized spacial score (nSPS) is 18.6. The first kappa shape index (κ1) is 16.8. The van der Waals surface area contributed by atoms with Crippen molar-refractivity contribution < 1.29 is 27.8 Å². The van der Waals surface area contributed by atoms with Crippen LogP contribution in [0.4, 0.5) is 8.78 Å². The molecule has 0 atom stereocenters. The first-order valence-corrected chi connectivity index (χ1v) is 6.75. The van der Waals surface area contributed by atoms with Crippen molar-refractivity contribution in [2.45, 2.75) is 38.0 Å². The molecule has 0 saturated carbocycles. The van der Waals surface area contributed by atoms with Crippen molar-refractivity contribution in [2.24, 2.45) is 0 Å². The number of hydrogen-bond donors (Lipinski definition) is 0. The van der Waals surface area contributed by atoms with Gasteiger partial charge in [-0.15, -0.1) is 0 Å². The van der Waals surface area contributed by atoms with Crippen LogP contribution in [0.5, 0.6) is 0 Å². The molecule has 1 saturated heterocycles. The van der Waals surface area contributed by atoms with Crippen molar-refractivity contribution in [1.82, 2.24) is 4.90 Å². The maximum atomic E-state index is 12.9. The van der Waals surface area contributed by atoms with Crippen LogP contribution in [0, 0.1) is 0 Å². The SMILES string of the molecule is COC(=O)CCC(=O)OCCCN1CCC(F)(F)CC1. The Morgan fingerprint density at radius 3 is 2.35 bits per heavy atom. The van der Waals surface area contributed by atoms with Gasteiger partial charge in [0.05, 0.1) is 26.6 Å². The van der Waals surface area contributed by atoms with E-state index in [1.807, 2.05) is 4.90 Å². The number of carbonyl (C=O) groups is 2.